The van der Waals surface area contributed by atoms with Gasteiger partial charge in [0.15, 0.2) is 6.61 Å². The lowest BCUT2D eigenvalue weighted by molar-refractivity contribution is -0.143. The maximum absolute atomic E-state index is 12.0. The molecular formula is C15H14ClN5O5S. The quantitative estimate of drug-likeness (QED) is 0.573. The van der Waals surface area contributed by atoms with Gasteiger partial charge in [0, 0.05) is 13.2 Å². The minimum absolute atomic E-state index is 0.0552. The van der Waals surface area contributed by atoms with Crippen molar-refractivity contribution < 1.29 is 22.5 Å². The van der Waals surface area contributed by atoms with Crippen LogP contribution >= 0.6 is 11.6 Å². The summed E-state index contributed by atoms with van der Waals surface area (Å²) in [5, 5.41) is 7.90. The highest BCUT2D eigenvalue weighted by atomic mass is 35.5. The van der Waals surface area contributed by atoms with E-state index in [0.29, 0.717) is 10.6 Å². The summed E-state index contributed by atoms with van der Waals surface area (Å²) in [6, 6.07) is 6.91. The zero-order valence-electron chi connectivity index (χ0n) is 14.0. The molecule has 0 bridgehead atoms. The minimum atomic E-state index is -3.85. The smallest absolute Gasteiger partial charge is 0.321 e. The van der Waals surface area contributed by atoms with Gasteiger partial charge in [-0.25, -0.2) is 8.42 Å². The van der Waals surface area contributed by atoms with Crippen LogP contribution in [0.15, 0.2) is 46.1 Å². The van der Waals surface area contributed by atoms with E-state index in [1.807, 2.05) is 0 Å². The molecular weight excluding hydrogens is 398 g/mol. The van der Waals surface area contributed by atoms with Crippen LogP contribution in [0, 0.1) is 0 Å². The second kappa shape index (κ2) is 7.86. The number of carbonyl (C=O) groups is 1. The zero-order valence-corrected chi connectivity index (χ0v) is 15.6. The Morgan fingerprint density at radius 3 is 2.85 bits per heavy atom. The summed E-state index contributed by atoms with van der Waals surface area (Å²) in [4.78, 5) is 15.8. The summed E-state index contributed by atoms with van der Waals surface area (Å²) in [6.45, 7) is -0.826. The predicted octanol–water partition coefficient (Wildman–Crippen LogP) is 1.15. The van der Waals surface area contributed by atoms with E-state index in [1.165, 1.54) is 17.1 Å². The van der Waals surface area contributed by atoms with Crippen molar-refractivity contribution >= 4 is 27.6 Å². The number of hydrogen-bond acceptors (Lipinski definition) is 8. The van der Waals surface area contributed by atoms with E-state index in [2.05, 4.69) is 20.0 Å². The van der Waals surface area contributed by atoms with E-state index in [1.54, 1.807) is 31.3 Å². The number of rotatable bonds is 7. The molecule has 0 amide bonds. The number of ether oxygens (including phenoxy) is 1. The van der Waals surface area contributed by atoms with E-state index in [0.717, 1.165) is 0 Å². The van der Waals surface area contributed by atoms with Crippen LogP contribution in [-0.2, 0) is 33.2 Å². The highest BCUT2D eigenvalue weighted by Crippen LogP contribution is 2.25. The number of esters is 1. The summed E-state index contributed by atoms with van der Waals surface area (Å²) in [5.41, 5.74) is 0.550. The maximum Gasteiger partial charge on any atom is 0.321 e. The zero-order chi connectivity index (χ0) is 19.4. The van der Waals surface area contributed by atoms with Crippen molar-refractivity contribution in [2.24, 2.45) is 7.05 Å². The van der Waals surface area contributed by atoms with Gasteiger partial charge in [-0.3, -0.25) is 9.48 Å². The summed E-state index contributed by atoms with van der Waals surface area (Å²) >= 11 is 6.05. The van der Waals surface area contributed by atoms with Crippen LogP contribution in [0.4, 0.5) is 0 Å². The molecule has 3 rings (SSSR count). The molecule has 27 heavy (non-hydrogen) atoms. The molecule has 0 saturated carbocycles. The van der Waals surface area contributed by atoms with Crippen LogP contribution in [0.2, 0.25) is 5.02 Å². The molecule has 0 unspecified atom stereocenters. The summed E-state index contributed by atoms with van der Waals surface area (Å²) in [6.07, 6.45) is 2.48. The SMILES string of the molecule is Cn1cc(S(=O)(=O)NCC(=O)OCc2noc(-c3ccccc3Cl)n2)cn1. The number of halogens is 1. The first kappa shape index (κ1) is 19.0. The van der Waals surface area contributed by atoms with Crippen molar-refractivity contribution in [3.63, 3.8) is 0 Å². The molecule has 0 atom stereocenters. The molecule has 0 aliphatic rings. The van der Waals surface area contributed by atoms with Gasteiger partial charge in [-0.15, -0.1) is 0 Å². The van der Waals surface area contributed by atoms with E-state index < -0.39 is 22.5 Å². The first-order valence-electron chi connectivity index (χ1n) is 7.56. The third kappa shape index (κ3) is 4.70. The van der Waals surface area contributed by atoms with Gasteiger partial charge in [0.2, 0.25) is 15.8 Å². The fourth-order valence-corrected chi connectivity index (χ4v) is 3.20. The third-order valence-electron chi connectivity index (χ3n) is 3.33. The van der Waals surface area contributed by atoms with Crippen LogP contribution in [0.5, 0.6) is 0 Å². The average molecular weight is 412 g/mol. The number of nitrogens with one attached hydrogen (secondary N) is 1. The Labute approximate surface area is 159 Å². The fraction of sp³-hybridized carbons (Fsp3) is 0.200. The molecule has 0 spiro atoms. The predicted molar refractivity (Wildman–Crippen MR) is 92.9 cm³/mol. The molecule has 0 radical (unpaired) electrons. The highest BCUT2D eigenvalue weighted by Gasteiger charge is 2.18. The molecule has 0 aliphatic heterocycles. The third-order valence-corrected chi connectivity index (χ3v) is 5.02. The van der Waals surface area contributed by atoms with Crippen LogP contribution < -0.4 is 4.72 Å². The monoisotopic (exact) mass is 411 g/mol. The number of nitrogens with zero attached hydrogens (tertiary/aromatic N) is 4. The van der Waals surface area contributed by atoms with Gasteiger partial charge in [0.25, 0.3) is 5.89 Å². The number of sulfonamides is 1. The molecule has 0 saturated heterocycles. The number of aromatic nitrogens is 4. The van der Waals surface area contributed by atoms with Crippen molar-refractivity contribution in [1.29, 1.82) is 0 Å². The Morgan fingerprint density at radius 2 is 2.15 bits per heavy atom. The minimum Gasteiger partial charge on any atom is -0.456 e. The van der Waals surface area contributed by atoms with E-state index in [4.69, 9.17) is 20.9 Å². The molecule has 3 aromatic rings. The molecule has 2 aromatic heterocycles. The lowest BCUT2D eigenvalue weighted by Gasteiger charge is -2.04. The summed E-state index contributed by atoms with van der Waals surface area (Å²) in [7, 11) is -2.27. The first-order valence-corrected chi connectivity index (χ1v) is 9.43. The Hall–Kier alpha value is -2.76. The van der Waals surface area contributed by atoms with Crippen molar-refractivity contribution in [1.82, 2.24) is 24.6 Å². The lowest BCUT2D eigenvalue weighted by Crippen LogP contribution is -2.30. The van der Waals surface area contributed by atoms with Gasteiger partial charge < -0.3 is 9.26 Å². The van der Waals surface area contributed by atoms with Gasteiger partial charge in [0.1, 0.15) is 11.4 Å². The van der Waals surface area contributed by atoms with Gasteiger partial charge in [0.05, 0.1) is 16.8 Å². The van der Waals surface area contributed by atoms with Crippen molar-refractivity contribution in [2.75, 3.05) is 6.54 Å². The van der Waals surface area contributed by atoms with Crippen molar-refractivity contribution in [3.05, 3.63) is 47.5 Å². The summed E-state index contributed by atoms with van der Waals surface area (Å²) < 4.78 is 37.5. The van der Waals surface area contributed by atoms with Crippen LogP contribution in [0.25, 0.3) is 11.5 Å². The van der Waals surface area contributed by atoms with E-state index in [-0.39, 0.29) is 23.2 Å². The summed E-state index contributed by atoms with van der Waals surface area (Å²) in [5.74, 6) is -0.496. The Kier molecular flexibility index (Phi) is 5.54. The molecule has 0 fully saturated rings. The molecule has 1 aromatic carbocycles. The molecule has 1 N–H and O–H groups in total. The largest absolute Gasteiger partial charge is 0.456 e. The standard InChI is InChI=1S/C15H14ClN5O5S/c1-21-8-10(6-17-21)27(23,24)18-7-14(22)25-9-13-19-15(26-20-13)11-4-2-3-5-12(11)16/h2-6,8,18H,7,9H2,1H3. The second-order valence-corrected chi connectivity index (χ2v) is 7.50. The maximum atomic E-state index is 12.0. The number of benzene rings is 1. The van der Waals surface area contributed by atoms with E-state index >= 15 is 0 Å². The topological polar surface area (TPSA) is 129 Å². The first-order chi connectivity index (χ1) is 12.8. The fourth-order valence-electron chi connectivity index (χ4n) is 2.03. The highest BCUT2D eigenvalue weighted by molar-refractivity contribution is 7.89. The lowest BCUT2D eigenvalue weighted by atomic mass is 10.2. The molecule has 0 aliphatic carbocycles. The molecule has 12 heteroatoms. The van der Waals surface area contributed by atoms with Gasteiger partial charge in [-0.05, 0) is 12.1 Å². The number of aryl methyl sites for hydroxylation is 1. The Bertz CT molecular complexity index is 1060. The van der Waals surface area contributed by atoms with Gasteiger partial charge >= 0.3 is 5.97 Å². The van der Waals surface area contributed by atoms with Crippen molar-refractivity contribution in [3.8, 4) is 11.5 Å². The van der Waals surface area contributed by atoms with E-state index in [9.17, 15) is 13.2 Å². The molecule has 2 heterocycles. The van der Waals surface area contributed by atoms with Crippen molar-refractivity contribution in [2.45, 2.75) is 11.5 Å². The molecule has 142 valence electrons. The van der Waals surface area contributed by atoms with Crippen LogP contribution in [-0.4, -0.2) is 40.9 Å². The Balaban J connectivity index is 1.53. The normalized spacial score (nSPS) is 11.5. The van der Waals surface area contributed by atoms with Crippen LogP contribution in [0.3, 0.4) is 0 Å². The van der Waals surface area contributed by atoms with Crippen LogP contribution in [0.1, 0.15) is 5.82 Å². The molecule has 10 nitrogen and oxygen atoms in total. The number of hydrogen-bond donors (Lipinski definition) is 1. The second-order valence-electron chi connectivity index (χ2n) is 5.33. The Morgan fingerprint density at radius 1 is 1.37 bits per heavy atom. The van der Waals surface area contributed by atoms with Gasteiger partial charge in [-0.2, -0.15) is 14.8 Å². The van der Waals surface area contributed by atoms with Gasteiger partial charge in [-0.1, -0.05) is 28.9 Å². The average Bonchev–Trinajstić information content (AvgIpc) is 3.28. The number of carbonyl (C=O) groups excluding carboxylic acids is 1.